The summed E-state index contributed by atoms with van der Waals surface area (Å²) in [5.41, 5.74) is 2.30. The van der Waals surface area contributed by atoms with E-state index in [1.54, 1.807) is 11.3 Å². The minimum absolute atomic E-state index is 0.225. The highest BCUT2D eigenvalue weighted by atomic mass is 79.9. The zero-order valence-corrected chi connectivity index (χ0v) is 13.5. The summed E-state index contributed by atoms with van der Waals surface area (Å²) < 4.78 is 1.14. The van der Waals surface area contributed by atoms with Crippen LogP contribution in [-0.4, -0.2) is 11.5 Å². The quantitative estimate of drug-likeness (QED) is 0.736. The molecule has 20 heavy (non-hydrogen) atoms. The topological polar surface area (TPSA) is 24.9 Å². The smallest absolute Gasteiger partial charge is 0.0705 e. The number of hydrogen-bond acceptors (Lipinski definition) is 3. The van der Waals surface area contributed by atoms with Gasteiger partial charge in [-0.3, -0.25) is 4.98 Å². The lowest BCUT2D eigenvalue weighted by Gasteiger charge is -2.17. The van der Waals surface area contributed by atoms with E-state index in [0.29, 0.717) is 0 Å². The SMILES string of the molecule is CCNC(c1ccc2cccnc2c1)c1cc(Br)cs1. The molecular formula is C16H15BrN2S. The third-order valence-corrected chi connectivity index (χ3v) is 5.00. The molecule has 0 spiro atoms. The van der Waals surface area contributed by atoms with Crippen molar-refractivity contribution >= 4 is 38.2 Å². The molecular weight excluding hydrogens is 332 g/mol. The van der Waals surface area contributed by atoms with Crippen molar-refractivity contribution in [1.82, 2.24) is 10.3 Å². The normalized spacial score (nSPS) is 12.7. The fourth-order valence-electron chi connectivity index (χ4n) is 2.33. The third-order valence-electron chi connectivity index (χ3n) is 3.24. The molecule has 0 fully saturated rings. The predicted molar refractivity (Wildman–Crippen MR) is 89.3 cm³/mol. The minimum Gasteiger partial charge on any atom is -0.306 e. The van der Waals surface area contributed by atoms with E-state index in [1.807, 2.05) is 12.3 Å². The number of aromatic nitrogens is 1. The number of fused-ring (bicyclic) bond motifs is 1. The molecule has 0 radical (unpaired) electrons. The Balaban J connectivity index is 2.04. The Bertz CT molecular complexity index is 723. The molecule has 0 bridgehead atoms. The van der Waals surface area contributed by atoms with E-state index in [9.17, 15) is 0 Å². The fraction of sp³-hybridized carbons (Fsp3) is 0.188. The van der Waals surface area contributed by atoms with E-state index < -0.39 is 0 Å². The number of nitrogens with zero attached hydrogens (tertiary/aromatic N) is 1. The molecule has 0 aliphatic heterocycles. The van der Waals surface area contributed by atoms with Crippen LogP contribution in [0.1, 0.15) is 23.4 Å². The van der Waals surface area contributed by atoms with Crippen molar-refractivity contribution in [3.05, 3.63) is 62.9 Å². The Labute approximate surface area is 131 Å². The van der Waals surface area contributed by atoms with Gasteiger partial charge in [-0.2, -0.15) is 0 Å². The van der Waals surface area contributed by atoms with Crippen LogP contribution < -0.4 is 5.32 Å². The molecule has 1 aromatic carbocycles. The second-order valence-electron chi connectivity index (χ2n) is 4.61. The first-order valence-corrected chi connectivity index (χ1v) is 8.27. The van der Waals surface area contributed by atoms with Gasteiger partial charge < -0.3 is 5.32 Å². The molecule has 1 unspecified atom stereocenters. The number of hydrogen-bond donors (Lipinski definition) is 1. The fourth-order valence-corrected chi connectivity index (χ4v) is 3.88. The van der Waals surface area contributed by atoms with E-state index in [1.165, 1.54) is 15.8 Å². The third kappa shape index (κ3) is 2.77. The standard InChI is InChI=1S/C16H15BrN2S/c1-2-18-16(15-9-13(17)10-20-15)12-6-5-11-4-3-7-19-14(11)8-12/h3-10,16,18H,2H2,1H3. The molecule has 1 N–H and O–H groups in total. The highest BCUT2D eigenvalue weighted by molar-refractivity contribution is 9.10. The van der Waals surface area contributed by atoms with Gasteiger partial charge in [0.1, 0.15) is 0 Å². The van der Waals surface area contributed by atoms with E-state index in [0.717, 1.165) is 16.5 Å². The van der Waals surface area contributed by atoms with Gasteiger partial charge in [-0.1, -0.05) is 25.1 Å². The number of rotatable bonds is 4. The minimum atomic E-state index is 0.225. The predicted octanol–water partition coefficient (Wildman–Crippen LogP) is 4.76. The number of halogens is 1. The van der Waals surface area contributed by atoms with Gasteiger partial charge in [-0.15, -0.1) is 11.3 Å². The Morgan fingerprint density at radius 3 is 2.95 bits per heavy atom. The van der Waals surface area contributed by atoms with Crippen molar-refractivity contribution < 1.29 is 0 Å². The molecule has 3 rings (SSSR count). The van der Waals surface area contributed by atoms with Gasteiger partial charge in [0.25, 0.3) is 0 Å². The van der Waals surface area contributed by atoms with E-state index in [-0.39, 0.29) is 6.04 Å². The zero-order valence-electron chi connectivity index (χ0n) is 11.1. The molecule has 2 nitrogen and oxygen atoms in total. The monoisotopic (exact) mass is 346 g/mol. The van der Waals surface area contributed by atoms with Crippen molar-refractivity contribution in [2.45, 2.75) is 13.0 Å². The Morgan fingerprint density at radius 2 is 2.20 bits per heavy atom. The zero-order chi connectivity index (χ0) is 13.9. The van der Waals surface area contributed by atoms with Gasteiger partial charge in [0, 0.05) is 26.3 Å². The van der Waals surface area contributed by atoms with Crippen LogP contribution in [0.2, 0.25) is 0 Å². The largest absolute Gasteiger partial charge is 0.306 e. The molecule has 0 amide bonds. The van der Waals surface area contributed by atoms with Gasteiger partial charge >= 0.3 is 0 Å². The summed E-state index contributed by atoms with van der Waals surface area (Å²) in [6, 6.07) is 13.0. The van der Waals surface area contributed by atoms with Crippen molar-refractivity contribution in [3.63, 3.8) is 0 Å². The number of pyridine rings is 1. The van der Waals surface area contributed by atoms with Crippen molar-refractivity contribution in [3.8, 4) is 0 Å². The lowest BCUT2D eigenvalue weighted by atomic mass is 10.0. The number of thiophene rings is 1. The Morgan fingerprint density at radius 1 is 1.30 bits per heavy atom. The molecule has 3 aromatic rings. The maximum absolute atomic E-state index is 4.45. The van der Waals surface area contributed by atoms with E-state index >= 15 is 0 Å². The summed E-state index contributed by atoms with van der Waals surface area (Å²) in [6.07, 6.45) is 1.84. The summed E-state index contributed by atoms with van der Waals surface area (Å²) in [6.45, 7) is 3.06. The second kappa shape index (κ2) is 6.04. The summed E-state index contributed by atoms with van der Waals surface area (Å²) in [4.78, 5) is 5.76. The first-order chi connectivity index (χ1) is 9.78. The van der Waals surface area contributed by atoms with Gasteiger partial charge in [0.2, 0.25) is 0 Å². The number of nitrogens with one attached hydrogen (secondary N) is 1. The Hall–Kier alpha value is -1.23. The molecule has 2 heterocycles. The van der Waals surface area contributed by atoms with Crippen LogP contribution in [0, 0.1) is 0 Å². The highest BCUT2D eigenvalue weighted by Gasteiger charge is 2.15. The average Bonchev–Trinajstić information content (AvgIpc) is 2.90. The molecule has 0 aliphatic rings. The lowest BCUT2D eigenvalue weighted by molar-refractivity contribution is 0.640. The van der Waals surface area contributed by atoms with Crippen LogP contribution in [0.3, 0.4) is 0 Å². The van der Waals surface area contributed by atoms with Crippen LogP contribution in [-0.2, 0) is 0 Å². The maximum Gasteiger partial charge on any atom is 0.0705 e. The second-order valence-corrected chi connectivity index (χ2v) is 6.47. The first kappa shape index (κ1) is 13.7. The van der Waals surface area contributed by atoms with Crippen molar-refractivity contribution in [2.75, 3.05) is 6.54 Å². The molecule has 2 aromatic heterocycles. The number of benzene rings is 1. The lowest BCUT2D eigenvalue weighted by Crippen LogP contribution is -2.21. The molecule has 1 atom stereocenters. The summed E-state index contributed by atoms with van der Waals surface area (Å²) in [5, 5.41) is 6.86. The van der Waals surface area contributed by atoms with Crippen LogP contribution in [0.5, 0.6) is 0 Å². The summed E-state index contributed by atoms with van der Waals surface area (Å²) in [7, 11) is 0. The average molecular weight is 347 g/mol. The highest BCUT2D eigenvalue weighted by Crippen LogP contribution is 2.31. The Kier molecular flexibility index (Phi) is 4.15. The molecule has 0 saturated heterocycles. The van der Waals surface area contributed by atoms with Crippen molar-refractivity contribution in [1.29, 1.82) is 0 Å². The summed E-state index contributed by atoms with van der Waals surface area (Å²) >= 11 is 5.30. The van der Waals surface area contributed by atoms with Gasteiger partial charge in [-0.25, -0.2) is 0 Å². The van der Waals surface area contributed by atoms with Gasteiger partial charge in [0.15, 0.2) is 0 Å². The first-order valence-electron chi connectivity index (χ1n) is 6.60. The molecule has 102 valence electrons. The maximum atomic E-state index is 4.45. The van der Waals surface area contributed by atoms with Gasteiger partial charge in [-0.05, 0) is 46.2 Å². The molecule has 4 heteroatoms. The van der Waals surface area contributed by atoms with Gasteiger partial charge in [0.05, 0.1) is 11.6 Å². The van der Waals surface area contributed by atoms with Crippen LogP contribution in [0.25, 0.3) is 10.9 Å². The van der Waals surface area contributed by atoms with Crippen LogP contribution in [0.4, 0.5) is 0 Å². The molecule has 0 saturated carbocycles. The van der Waals surface area contributed by atoms with E-state index in [2.05, 4.69) is 68.9 Å². The molecule has 0 aliphatic carbocycles. The van der Waals surface area contributed by atoms with Crippen LogP contribution in [0.15, 0.2) is 52.4 Å². The summed E-state index contributed by atoms with van der Waals surface area (Å²) in [5.74, 6) is 0. The van der Waals surface area contributed by atoms with E-state index in [4.69, 9.17) is 0 Å². The van der Waals surface area contributed by atoms with Crippen molar-refractivity contribution in [2.24, 2.45) is 0 Å². The van der Waals surface area contributed by atoms with Crippen LogP contribution >= 0.6 is 27.3 Å².